The third-order valence-corrected chi connectivity index (χ3v) is 6.15. The summed E-state index contributed by atoms with van der Waals surface area (Å²) in [7, 11) is 0. The molecule has 2 aromatic rings. The van der Waals surface area contributed by atoms with E-state index in [-0.39, 0.29) is 24.3 Å². The molecule has 2 N–H and O–H groups in total. The average Bonchev–Trinajstić information content (AvgIpc) is 3.14. The van der Waals surface area contributed by atoms with Crippen molar-refractivity contribution in [3.8, 4) is 11.4 Å². The van der Waals surface area contributed by atoms with Gasteiger partial charge in [0.1, 0.15) is 6.54 Å². The Labute approximate surface area is 189 Å². The van der Waals surface area contributed by atoms with Crippen LogP contribution in [0.1, 0.15) is 51.0 Å². The highest BCUT2D eigenvalue weighted by molar-refractivity contribution is 7.71. The molecule has 1 aliphatic rings. The highest BCUT2D eigenvalue weighted by Gasteiger charge is 2.28. The van der Waals surface area contributed by atoms with Gasteiger partial charge in [0.15, 0.2) is 10.6 Å². The van der Waals surface area contributed by atoms with E-state index in [9.17, 15) is 9.59 Å². The number of H-pyrrole nitrogens is 1. The van der Waals surface area contributed by atoms with Crippen LogP contribution in [0.3, 0.4) is 0 Å². The monoisotopic (exact) mass is 443 g/mol. The molecule has 31 heavy (non-hydrogen) atoms. The Hall–Kier alpha value is -2.48. The molecule has 0 radical (unpaired) electrons. The van der Waals surface area contributed by atoms with Gasteiger partial charge in [0, 0.05) is 25.2 Å². The summed E-state index contributed by atoms with van der Waals surface area (Å²) in [5, 5.41) is 10.2. The fraction of sp³-hybridized carbons (Fsp3) is 0.565. The number of benzene rings is 1. The fourth-order valence-corrected chi connectivity index (χ4v) is 4.14. The number of likely N-dealkylation sites (tertiary alicyclic amines) is 1. The summed E-state index contributed by atoms with van der Waals surface area (Å²) in [6.45, 7) is 6.16. The second-order valence-electron chi connectivity index (χ2n) is 8.34. The molecule has 0 spiro atoms. The van der Waals surface area contributed by atoms with Crippen LogP contribution < -0.4 is 5.32 Å². The van der Waals surface area contributed by atoms with Crippen LogP contribution >= 0.6 is 12.2 Å². The Morgan fingerprint density at radius 2 is 2.00 bits per heavy atom. The standard InChI is InChI=1S/C23H33N5O2S/c1-3-4-5-6-13-24-22(30)19-8-7-14-27(15-19)20(29)16-28-21(25-26-23(28)31)18-11-9-17(2)10-12-18/h9-12,19H,3-8,13-16H2,1-2H3,(H,24,30)(H,26,31). The van der Waals surface area contributed by atoms with E-state index in [1.165, 1.54) is 12.8 Å². The second-order valence-corrected chi connectivity index (χ2v) is 8.72. The third-order valence-electron chi connectivity index (χ3n) is 5.84. The topological polar surface area (TPSA) is 83.0 Å². The summed E-state index contributed by atoms with van der Waals surface area (Å²) >= 11 is 5.37. The lowest BCUT2D eigenvalue weighted by atomic mass is 9.97. The van der Waals surface area contributed by atoms with Crippen LogP contribution in [-0.4, -0.2) is 51.1 Å². The maximum Gasteiger partial charge on any atom is 0.242 e. The van der Waals surface area contributed by atoms with Crippen molar-refractivity contribution < 1.29 is 9.59 Å². The van der Waals surface area contributed by atoms with Crippen LogP contribution in [-0.2, 0) is 16.1 Å². The largest absolute Gasteiger partial charge is 0.356 e. The van der Waals surface area contributed by atoms with Gasteiger partial charge < -0.3 is 10.2 Å². The summed E-state index contributed by atoms with van der Waals surface area (Å²) < 4.78 is 2.15. The molecule has 0 aliphatic carbocycles. The van der Waals surface area contributed by atoms with Crippen LogP contribution in [0.5, 0.6) is 0 Å². The van der Waals surface area contributed by atoms with E-state index in [2.05, 4.69) is 22.4 Å². The van der Waals surface area contributed by atoms with E-state index in [1.807, 2.05) is 31.2 Å². The van der Waals surface area contributed by atoms with Crippen molar-refractivity contribution in [3.05, 3.63) is 34.6 Å². The van der Waals surface area contributed by atoms with E-state index >= 15 is 0 Å². The molecule has 3 rings (SSSR count). The minimum absolute atomic E-state index is 0.0358. The normalized spacial score (nSPS) is 16.3. The van der Waals surface area contributed by atoms with Gasteiger partial charge in [-0.15, -0.1) is 0 Å². The molecule has 1 atom stereocenters. The summed E-state index contributed by atoms with van der Waals surface area (Å²) in [6, 6.07) is 7.97. The van der Waals surface area contributed by atoms with Crippen molar-refractivity contribution in [1.82, 2.24) is 25.0 Å². The maximum absolute atomic E-state index is 13.0. The molecule has 1 aromatic carbocycles. The molecule has 1 aliphatic heterocycles. The minimum Gasteiger partial charge on any atom is -0.356 e. The number of aryl methyl sites for hydroxylation is 1. The van der Waals surface area contributed by atoms with Crippen molar-refractivity contribution >= 4 is 24.0 Å². The van der Waals surface area contributed by atoms with Crippen LogP contribution in [0.4, 0.5) is 0 Å². The van der Waals surface area contributed by atoms with Crippen LogP contribution in [0, 0.1) is 17.6 Å². The maximum atomic E-state index is 13.0. The molecule has 2 amide bonds. The molecular formula is C23H33N5O2S. The predicted octanol–water partition coefficient (Wildman–Crippen LogP) is 3.85. The third kappa shape index (κ3) is 6.26. The minimum atomic E-state index is -0.141. The smallest absolute Gasteiger partial charge is 0.242 e. The van der Waals surface area contributed by atoms with Crippen molar-refractivity contribution in [3.63, 3.8) is 0 Å². The molecular weight excluding hydrogens is 410 g/mol. The Balaban J connectivity index is 1.60. The van der Waals surface area contributed by atoms with Gasteiger partial charge in [-0.3, -0.25) is 19.3 Å². The zero-order valence-corrected chi connectivity index (χ0v) is 19.3. The SMILES string of the molecule is CCCCCCNC(=O)C1CCCN(C(=O)Cn2c(-c3ccc(C)cc3)n[nH]c2=S)C1. The van der Waals surface area contributed by atoms with E-state index in [1.54, 1.807) is 9.47 Å². The number of carbonyl (C=O) groups is 2. The quantitative estimate of drug-likeness (QED) is 0.455. The summed E-state index contributed by atoms with van der Waals surface area (Å²) in [4.78, 5) is 27.4. The Kier molecular flexibility index (Phi) is 8.40. The number of nitrogens with one attached hydrogen (secondary N) is 2. The van der Waals surface area contributed by atoms with Gasteiger partial charge in [-0.25, -0.2) is 0 Å². The molecule has 7 nitrogen and oxygen atoms in total. The van der Waals surface area contributed by atoms with E-state index in [0.29, 0.717) is 30.2 Å². The van der Waals surface area contributed by atoms with Gasteiger partial charge >= 0.3 is 0 Å². The number of hydrogen-bond donors (Lipinski definition) is 2. The number of piperidine rings is 1. The van der Waals surface area contributed by atoms with Crippen molar-refractivity contribution in [2.75, 3.05) is 19.6 Å². The predicted molar refractivity (Wildman–Crippen MR) is 124 cm³/mol. The number of rotatable bonds is 9. The van der Waals surface area contributed by atoms with Gasteiger partial charge in [0.25, 0.3) is 0 Å². The van der Waals surface area contributed by atoms with Gasteiger partial charge in [-0.2, -0.15) is 5.10 Å². The van der Waals surface area contributed by atoms with Crippen molar-refractivity contribution in [1.29, 1.82) is 0 Å². The molecule has 168 valence electrons. The van der Waals surface area contributed by atoms with Crippen molar-refractivity contribution in [2.24, 2.45) is 5.92 Å². The second kappa shape index (κ2) is 11.2. The molecule has 1 fully saturated rings. The zero-order valence-electron chi connectivity index (χ0n) is 18.5. The number of aromatic nitrogens is 3. The van der Waals surface area contributed by atoms with Crippen LogP contribution in [0.15, 0.2) is 24.3 Å². The number of aromatic amines is 1. The number of amides is 2. The van der Waals surface area contributed by atoms with Gasteiger partial charge in [0.2, 0.25) is 11.8 Å². The highest BCUT2D eigenvalue weighted by Crippen LogP contribution is 2.20. The summed E-state index contributed by atoms with van der Waals surface area (Å²) in [5.74, 6) is 0.537. The zero-order chi connectivity index (χ0) is 22.2. The molecule has 8 heteroatoms. The van der Waals surface area contributed by atoms with Gasteiger partial charge in [-0.05, 0) is 38.4 Å². The fourth-order valence-electron chi connectivity index (χ4n) is 3.95. The van der Waals surface area contributed by atoms with Gasteiger partial charge in [0.05, 0.1) is 5.92 Å². The first kappa shape index (κ1) is 23.2. The van der Waals surface area contributed by atoms with Crippen molar-refractivity contribution in [2.45, 2.75) is 58.9 Å². The Morgan fingerprint density at radius 3 is 2.74 bits per heavy atom. The Morgan fingerprint density at radius 1 is 1.23 bits per heavy atom. The van der Waals surface area contributed by atoms with Gasteiger partial charge in [-0.1, -0.05) is 56.0 Å². The number of nitrogens with zero attached hydrogens (tertiary/aromatic N) is 3. The molecule has 0 saturated carbocycles. The highest BCUT2D eigenvalue weighted by atomic mass is 32.1. The first-order valence-corrected chi connectivity index (χ1v) is 11.7. The Bertz CT molecular complexity index is 934. The molecule has 1 unspecified atom stereocenters. The van der Waals surface area contributed by atoms with E-state index in [0.717, 1.165) is 36.8 Å². The average molecular weight is 444 g/mol. The number of carbonyl (C=O) groups excluding carboxylic acids is 2. The molecule has 1 aromatic heterocycles. The molecule has 0 bridgehead atoms. The first-order valence-electron chi connectivity index (χ1n) is 11.3. The summed E-state index contributed by atoms with van der Waals surface area (Å²) in [6.07, 6.45) is 6.18. The number of unbranched alkanes of at least 4 members (excludes halogenated alkanes) is 3. The van der Waals surface area contributed by atoms with Crippen LogP contribution in [0.2, 0.25) is 0 Å². The number of hydrogen-bond acceptors (Lipinski definition) is 4. The van der Waals surface area contributed by atoms with Crippen LogP contribution in [0.25, 0.3) is 11.4 Å². The molecule has 1 saturated heterocycles. The lowest BCUT2D eigenvalue weighted by molar-refractivity contribution is -0.136. The lowest BCUT2D eigenvalue weighted by Gasteiger charge is -2.32. The van der Waals surface area contributed by atoms with E-state index in [4.69, 9.17) is 12.2 Å². The molecule has 2 heterocycles. The lowest BCUT2D eigenvalue weighted by Crippen LogP contribution is -2.46. The van der Waals surface area contributed by atoms with E-state index < -0.39 is 0 Å². The first-order chi connectivity index (χ1) is 15.0. The summed E-state index contributed by atoms with van der Waals surface area (Å²) in [5.41, 5.74) is 2.06.